The predicted molar refractivity (Wildman–Crippen MR) is 87.5 cm³/mol. The molecule has 0 unspecified atom stereocenters. The number of hydrogen-bond donors (Lipinski definition) is 1. The van der Waals surface area contributed by atoms with Crippen LogP contribution in [0.15, 0.2) is 36.4 Å². The molecule has 104 valence electrons. The molecule has 0 saturated heterocycles. The summed E-state index contributed by atoms with van der Waals surface area (Å²) >= 11 is 1.90. The quantitative estimate of drug-likeness (QED) is 0.537. The Morgan fingerprint density at radius 3 is 2.86 bits per heavy atom. The second-order valence-electron chi connectivity index (χ2n) is 4.51. The first-order valence-corrected chi connectivity index (χ1v) is 7.28. The van der Waals surface area contributed by atoms with Gasteiger partial charge in [0.15, 0.2) is 0 Å². The van der Waals surface area contributed by atoms with Crippen molar-refractivity contribution in [2.45, 2.75) is 6.42 Å². The Balaban J connectivity index is 2.36. The van der Waals surface area contributed by atoms with Gasteiger partial charge in [-0.05, 0) is 40.8 Å². The van der Waals surface area contributed by atoms with Crippen LogP contribution < -0.4 is 5.73 Å². The van der Waals surface area contributed by atoms with Gasteiger partial charge in [0.25, 0.3) is 0 Å². The molecule has 3 rings (SSSR count). The fourth-order valence-corrected chi connectivity index (χ4v) is 2.77. The summed E-state index contributed by atoms with van der Waals surface area (Å²) in [6, 6.07) is 12.5. The molecule has 0 radical (unpaired) electrons. The molecule has 0 atom stereocenters. The van der Waals surface area contributed by atoms with E-state index >= 15 is 0 Å². The number of imidazole rings is 1. The fourth-order valence-electron chi connectivity index (χ4n) is 2.28. The summed E-state index contributed by atoms with van der Waals surface area (Å²) in [6.45, 7) is 0. The first-order chi connectivity index (χ1) is 10.1. The lowest BCUT2D eigenvalue weighted by molar-refractivity contribution is 0.619. The molecule has 6 heteroatoms. The van der Waals surface area contributed by atoms with Crippen molar-refractivity contribution < 1.29 is 4.39 Å². The van der Waals surface area contributed by atoms with Crippen LogP contribution >= 0.6 is 22.6 Å². The Hall–Kier alpha value is -2.14. The largest absolute Gasteiger partial charge is 0.397 e. The van der Waals surface area contributed by atoms with Gasteiger partial charge < -0.3 is 5.73 Å². The topological polar surface area (TPSA) is 67.6 Å². The molecule has 0 saturated carbocycles. The van der Waals surface area contributed by atoms with Crippen LogP contribution in [-0.2, 0) is 6.42 Å². The molecule has 0 bridgehead atoms. The second-order valence-corrected chi connectivity index (χ2v) is 5.67. The van der Waals surface area contributed by atoms with Crippen LogP contribution in [0.25, 0.3) is 16.7 Å². The van der Waals surface area contributed by atoms with E-state index in [4.69, 9.17) is 11.0 Å². The first kappa shape index (κ1) is 13.8. The zero-order valence-corrected chi connectivity index (χ0v) is 13.0. The number of benzene rings is 2. The number of rotatable bonds is 2. The van der Waals surface area contributed by atoms with Crippen molar-refractivity contribution >= 4 is 39.3 Å². The molecule has 1 aromatic heterocycles. The number of nitrogens with zero attached hydrogens (tertiary/aromatic N) is 3. The summed E-state index contributed by atoms with van der Waals surface area (Å²) < 4.78 is 16.1. The Morgan fingerprint density at radius 2 is 2.10 bits per heavy atom. The zero-order chi connectivity index (χ0) is 15.0. The van der Waals surface area contributed by atoms with Crippen LogP contribution in [0.4, 0.5) is 10.1 Å². The molecule has 1 heterocycles. The minimum Gasteiger partial charge on any atom is -0.397 e. The van der Waals surface area contributed by atoms with Crippen LogP contribution in [-0.4, -0.2) is 9.55 Å². The molecule has 0 amide bonds. The molecule has 0 fully saturated rings. The van der Waals surface area contributed by atoms with Gasteiger partial charge >= 0.3 is 0 Å². The summed E-state index contributed by atoms with van der Waals surface area (Å²) in [5, 5.41) is 8.97. The number of halogens is 2. The SMILES string of the molecule is N#CCc1nc2ccccc2n1-c1cc(F)c(I)cc1N. The second kappa shape index (κ2) is 5.33. The van der Waals surface area contributed by atoms with Gasteiger partial charge in [-0.2, -0.15) is 5.26 Å². The van der Waals surface area contributed by atoms with Gasteiger partial charge in [0.2, 0.25) is 0 Å². The van der Waals surface area contributed by atoms with E-state index in [0.717, 1.165) is 11.0 Å². The van der Waals surface area contributed by atoms with Gasteiger partial charge in [0, 0.05) is 6.07 Å². The van der Waals surface area contributed by atoms with E-state index in [1.54, 1.807) is 10.6 Å². The summed E-state index contributed by atoms with van der Waals surface area (Å²) in [4.78, 5) is 4.43. The molecule has 0 aliphatic rings. The van der Waals surface area contributed by atoms with Gasteiger partial charge in [-0.1, -0.05) is 12.1 Å². The third kappa shape index (κ3) is 2.34. The van der Waals surface area contributed by atoms with Crippen LogP contribution in [0.2, 0.25) is 0 Å². The van der Waals surface area contributed by atoms with E-state index in [9.17, 15) is 4.39 Å². The molecule has 0 spiro atoms. The van der Waals surface area contributed by atoms with Crippen molar-refractivity contribution in [1.29, 1.82) is 5.26 Å². The Labute approximate surface area is 134 Å². The highest BCUT2D eigenvalue weighted by Gasteiger charge is 2.15. The number of hydrogen-bond acceptors (Lipinski definition) is 3. The van der Waals surface area contributed by atoms with Gasteiger partial charge in [-0.25, -0.2) is 9.37 Å². The van der Waals surface area contributed by atoms with Crippen molar-refractivity contribution in [1.82, 2.24) is 9.55 Å². The van der Waals surface area contributed by atoms with Crippen molar-refractivity contribution in [2.75, 3.05) is 5.73 Å². The first-order valence-electron chi connectivity index (χ1n) is 6.20. The molecule has 4 nitrogen and oxygen atoms in total. The van der Waals surface area contributed by atoms with Gasteiger partial charge in [-0.15, -0.1) is 0 Å². The molecule has 21 heavy (non-hydrogen) atoms. The molecule has 3 aromatic rings. The summed E-state index contributed by atoms with van der Waals surface area (Å²) in [5.74, 6) is 0.200. The van der Waals surface area contributed by atoms with Gasteiger partial charge in [0.05, 0.1) is 38.5 Å². The summed E-state index contributed by atoms with van der Waals surface area (Å²) in [6.07, 6.45) is 0.127. The third-order valence-electron chi connectivity index (χ3n) is 3.18. The molecular weight excluding hydrogens is 382 g/mol. The van der Waals surface area contributed by atoms with Gasteiger partial charge in [-0.3, -0.25) is 4.57 Å². The molecule has 2 aromatic carbocycles. The maximum absolute atomic E-state index is 13.9. The lowest BCUT2D eigenvalue weighted by Gasteiger charge is -2.11. The third-order valence-corrected chi connectivity index (χ3v) is 4.00. The van der Waals surface area contributed by atoms with Crippen LogP contribution in [0.5, 0.6) is 0 Å². The Morgan fingerprint density at radius 1 is 1.33 bits per heavy atom. The fraction of sp³-hybridized carbons (Fsp3) is 0.0667. The number of nitrogen functional groups attached to an aromatic ring is 1. The molecular formula is C15H10FIN4. The van der Waals surface area contributed by atoms with E-state index in [1.165, 1.54) is 6.07 Å². The van der Waals surface area contributed by atoms with E-state index in [0.29, 0.717) is 20.8 Å². The Kier molecular flexibility index (Phi) is 3.51. The average Bonchev–Trinajstić information content (AvgIpc) is 2.81. The Bertz CT molecular complexity index is 879. The van der Waals surface area contributed by atoms with Crippen molar-refractivity contribution in [3.8, 4) is 11.8 Å². The maximum atomic E-state index is 13.9. The van der Waals surface area contributed by atoms with Crippen LogP contribution in [0.3, 0.4) is 0 Å². The van der Waals surface area contributed by atoms with E-state index < -0.39 is 0 Å². The number of nitriles is 1. The number of para-hydroxylation sites is 2. The average molecular weight is 392 g/mol. The maximum Gasteiger partial charge on any atom is 0.138 e. The monoisotopic (exact) mass is 392 g/mol. The number of nitrogens with two attached hydrogens (primary N) is 1. The van der Waals surface area contributed by atoms with Gasteiger partial charge in [0.1, 0.15) is 11.6 Å². The smallest absolute Gasteiger partial charge is 0.138 e. The molecule has 0 aliphatic heterocycles. The highest BCUT2D eigenvalue weighted by Crippen LogP contribution is 2.28. The number of aromatic nitrogens is 2. The number of fused-ring (bicyclic) bond motifs is 1. The lowest BCUT2D eigenvalue weighted by Crippen LogP contribution is -2.05. The highest BCUT2D eigenvalue weighted by molar-refractivity contribution is 14.1. The van der Waals surface area contributed by atoms with Crippen molar-refractivity contribution in [2.24, 2.45) is 0 Å². The minimum absolute atomic E-state index is 0.127. The van der Waals surface area contributed by atoms with Crippen molar-refractivity contribution in [3.05, 3.63) is 51.6 Å². The van der Waals surface area contributed by atoms with Crippen molar-refractivity contribution in [3.63, 3.8) is 0 Å². The van der Waals surface area contributed by atoms with Crippen LogP contribution in [0, 0.1) is 20.7 Å². The minimum atomic E-state index is -0.347. The highest BCUT2D eigenvalue weighted by atomic mass is 127. The predicted octanol–water partition coefficient (Wildman–Crippen LogP) is 3.42. The standard InChI is InChI=1S/C15H10FIN4/c16-9-7-14(11(19)8-10(9)17)21-13-4-2-1-3-12(13)20-15(21)5-6-18/h1-4,7-8H,5,19H2. The summed E-state index contributed by atoms with van der Waals surface area (Å²) in [5.41, 5.74) is 8.54. The normalized spacial score (nSPS) is 10.7. The van der Waals surface area contributed by atoms with Crippen LogP contribution in [0.1, 0.15) is 5.82 Å². The molecule has 2 N–H and O–H groups in total. The zero-order valence-electron chi connectivity index (χ0n) is 10.8. The van der Waals surface area contributed by atoms with E-state index in [1.807, 2.05) is 46.9 Å². The molecule has 0 aliphatic carbocycles. The number of anilines is 1. The lowest BCUT2D eigenvalue weighted by atomic mass is 10.2. The van der Waals surface area contributed by atoms with E-state index in [2.05, 4.69) is 11.1 Å². The summed E-state index contributed by atoms with van der Waals surface area (Å²) in [7, 11) is 0. The van der Waals surface area contributed by atoms with E-state index in [-0.39, 0.29) is 12.2 Å².